The van der Waals surface area contributed by atoms with E-state index in [1.165, 1.54) is 6.20 Å². The van der Waals surface area contributed by atoms with Crippen LogP contribution in [0.3, 0.4) is 0 Å². The average molecular weight is 281 g/mol. The first kappa shape index (κ1) is 15.3. The van der Waals surface area contributed by atoms with Gasteiger partial charge >= 0.3 is 0 Å². The van der Waals surface area contributed by atoms with Crippen LogP contribution in [0.15, 0.2) is 12.4 Å². The molecule has 0 unspecified atom stereocenters. The number of hydrogen-bond acceptors (Lipinski definition) is 5. The maximum Gasteiger partial charge on any atom is 0.239 e. The van der Waals surface area contributed by atoms with Crippen molar-refractivity contribution in [2.75, 3.05) is 25.0 Å². The summed E-state index contributed by atoms with van der Waals surface area (Å²) in [6.07, 6.45) is 3.05. The summed E-state index contributed by atoms with van der Waals surface area (Å²) in [7, 11) is 1.78. The first-order valence-electron chi connectivity index (χ1n) is 5.99. The van der Waals surface area contributed by atoms with E-state index in [1.807, 2.05) is 13.8 Å². The summed E-state index contributed by atoms with van der Waals surface area (Å²) in [5.74, 6) is 0.981. The molecule has 3 N–H and O–H groups in total. The summed E-state index contributed by atoms with van der Waals surface area (Å²) in [6, 6.07) is 0. The molecular weight excluding hydrogens is 262 g/mol. The lowest BCUT2D eigenvalue weighted by atomic mass is 10.2. The second-order valence-corrected chi connectivity index (χ2v) is 5.12. The summed E-state index contributed by atoms with van der Waals surface area (Å²) in [6.45, 7) is 4.99. The summed E-state index contributed by atoms with van der Waals surface area (Å²) in [4.78, 5) is 21.8. The zero-order valence-corrected chi connectivity index (χ0v) is 12.2. The van der Waals surface area contributed by atoms with Gasteiger partial charge in [0.2, 0.25) is 5.91 Å². The molecule has 104 valence electrons. The van der Waals surface area contributed by atoms with Gasteiger partial charge in [0.25, 0.3) is 0 Å². The number of aromatic nitrogens is 2. The largest absolute Gasteiger partial charge is 0.388 e. The van der Waals surface area contributed by atoms with Crippen LogP contribution >= 0.6 is 12.2 Å². The highest BCUT2D eigenvalue weighted by Crippen LogP contribution is 2.06. The van der Waals surface area contributed by atoms with Crippen molar-refractivity contribution in [1.82, 2.24) is 15.3 Å². The summed E-state index contributed by atoms with van der Waals surface area (Å²) < 4.78 is 0. The van der Waals surface area contributed by atoms with E-state index in [4.69, 9.17) is 18.0 Å². The van der Waals surface area contributed by atoms with Gasteiger partial charge in [0.1, 0.15) is 16.5 Å². The van der Waals surface area contributed by atoms with E-state index in [0.29, 0.717) is 24.0 Å². The van der Waals surface area contributed by atoms with Crippen LogP contribution < -0.4 is 16.0 Å². The van der Waals surface area contributed by atoms with Crippen LogP contribution in [0.1, 0.15) is 19.5 Å². The van der Waals surface area contributed by atoms with Crippen LogP contribution in [0.25, 0.3) is 0 Å². The SMILES string of the molecule is CC(C)CNC(=O)CN(C)c1cnc(C(N)=S)cn1. The van der Waals surface area contributed by atoms with Gasteiger partial charge < -0.3 is 16.0 Å². The van der Waals surface area contributed by atoms with Gasteiger partial charge in [-0.2, -0.15) is 0 Å². The predicted molar refractivity (Wildman–Crippen MR) is 79.0 cm³/mol. The number of hydrogen-bond donors (Lipinski definition) is 2. The molecule has 7 heteroatoms. The van der Waals surface area contributed by atoms with Crippen molar-refractivity contribution in [3.05, 3.63) is 18.1 Å². The van der Waals surface area contributed by atoms with E-state index in [2.05, 4.69) is 15.3 Å². The van der Waals surface area contributed by atoms with E-state index >= 15 is 0 Å². The van der Waals surface area contributed by atoms with Crippen molar-refractivity contribution >= 4 is 28.9 Å². The molecule has 0 fully saturated rings. The highest BCUT2D eigenvalue weighted by atomic mass is 32.1. The van der Waals surface area contributed by atoms with Gasteiger partial charge in [-0.15, -0.1) is 0 Å². The zero-order chi connectivity index (χ0) is 14.4. The van der Waals surface area contributed by atoms with E-state index in [-0.39, 0.29) is 17.4 Å². The Morgan fingerprint density at radius 1 is 1.47 bits per heavy atom. The van der Waals surface area contributed by atoms with Gasteiger partial charge in [0, 0.05) is 13.6 Å². The molecule has 0 saturated heterocycles. The van der Waals surface area contributed by atoms with Crippen LogP contribution in [-0.2, 0) is 4.79 Å². The minimum Gasteiger partial charge on any atom is -0.388 e. The van der Waals surface area contributed by atoms with Crippen LogP contribution in [0, 0.1) is 5.92 Å². The number of amides is 1. The number of nitrogens with two attached hydrogens (primary N) is 1. The number of nitrogens with zero attached hydrogens (tertiary/aromatic N) is 3. The van der Waals surface area contributed by atoms with Gasteiger partial charge in [0.05, 0.1) is 18.9 Å². The Labute approximate surface area is 118 Å². The first-order chi connectivity index (χ1) is 8.90. The van der Waals surface area contributed by atoms with Crippen molar-refractivity contribution in [2.45, 2.75) is 13.8 Å². The van der Waals surface area contributed by atoms with E-state index in [9.17, 15) is 4.79 Å². The molecule has 0 radical (unpaired) electrons. The van der Waals surface area contributed by atoms with Crippen molar-refractivity contribution in [1.29, 1.82) is 0 Å². The second kappa shape index (κ2) is 6.98. The topological polar surface area (TPSA) is 84.1 Å². The minimum atomic E-state index is -0.0450. The normalized spacial score (nSPS) is 10.3. The number of likely N-dealkylation sites (N-methyl/N-ethyl adjacent to an activating group) is 1. The molecule has 1 heterocycles. The average Bonchev–Trinajstić information content (AvgIpc) is 2.36. The quantitative estimate of drug-likeness (QED) is 0.731. The summed E-state index contributed by atoms with van der Waals surface area (Å²) >= 11 is 4.80. The van der Waals surface area contributed by atoms with E-state index < -0.39 is 0 Å². The zero-order valence-electron chi connectivity index (χ0n) is 11.4. The Morgan fingerprint density at radius 2 is 2.16 bits per heavy atom. The molecule has 0 saturated carbocycles. The monoisotopic (exact) mass is 281 g/mol. The lowest BCUT2D eigenvalue weighted by Crippen LogP contribution is -2.37. The Morgan fingerprint density at radius 3 is 2.63 bits per heavy atom. The van der Waals surface area contributed by atoms with Gasteiger partial charge in [-0.25, -0.2) is 9.97 Å². The summed E-state index contributed by atoms with van der Waals surface area (Å²) in [5.41, 5.74) is 5.91. The van der Waals surface area contributed by atoms with Crippen LogP contribution in [0.4, 0.5) is 5.82 Å². The maximum absolute atomic E-state index is 11.7. The van der Waals surface area contributed by atoms with Gasteiger partial charge in [0.15, 0.2) is 0 Å². The lowest BCUT2D eigenvalue weighted by molar-refractivity contribution is -0.119. The number of carbonyl (C=O) groups excluding carboxylic acids is 1. The van der Waals surface area contributed by atoms with Gasteiger partial charge in [-0.3, -0.25) is 4.79 Å². The fourth-order valence-corrected chi connectivity index (χ4v) is 1.42. The Balaban J connectivity index is 2.55. The standard InChI is InChI=1S/C12H19N5OS/c1-8(2)4-16-11(18)7-17(3)10-6-14-9(5-15-10)12(13)19/h5-6,8H,4,7H2,1-3H3,(H2,13,19)(H,16,18). The molecular formula is C12H19N5OS. The third kappa shape index (κ3) is 5.17. The molecule has 1 aromatic heterocycles. The second-order valence-electron chi connectivity index (χ2n) is 4.68. The molecule has 1 rings (SSSR count). The smallest absolute Gasteiger partial charge is 0.239 e. The fourth-order valence-electron chi connectivity index (χ4n) is 1.32. The highest BCUT2D eigenvalue weighted by Gasteiger charge is 2.09. The van der Waals surface area contributed by atoms with E-state index in [0.717, 1.165) is 0 Å². The third-order valence-corrected chi connectivity index (χ3v) is 2.58. The van der Waals surface area contributed by atoms with Crippen molar-refractivity contribution in [3.8, 4) is 0 Å². The molecule has 0 bridgehead atoms. The number of carbonyl (C=O) groups is 1. The molecule has 0 aliphatic heterocycles. The Bertz CT molecular complexity index is 446. The first-order valence-corrected chi connectivity index (χ1v) is 6.40. The number of nitrogens with one attached hydrogen (secondary N) is 1. The van der Waals surface area contributed by atoms with Gasteiger partial charge in [-0.1, -0.05) is 26.1 Å². The van der Waals surface area contributed by atoms with Crippen LogP contribution in [0.5, 0.6) is 0 Å². The molecule has 6 nitrogen and oxygen atoms in total. The molecule has 19 heavy (non-hydrogen) atoms. The van der Waals surface area contributed by atoms with Crippen molar-refractivity contribution < 1.29 is 4.79 Å². The van der Waals surface area contributed by atoms with E-state index in [1.54, 1.807) is 18.1 Å². The molecule has 0 aromatic carbocycles. The van der Waals surface area contributed by atoms with Crippen molar-refractivity contribution in [2.24, 2.45) is 11.7 Å². The minimum absolute atomic E-state index is 0.0450. The molecule has 0 atom stereocenters. The number of anilines is 1. The van der Waals surface area contributed by atoms with Gasteiger partial charge in [-0.05, 0) is 5.92 Å². The molecule has 0 aliphatic rings. The molecule has 0 spiro atoms. The Hall–Kier alpha value is -1.76. The molecule has 1 aromatic rings. The number of rotatable bonds is 6. The maximum atomic E-state index is 11.7. The fraction of sp³-hybridized carbons (Fsp3) is 0.500. The van der Waals surface area contributed by atoms with Crippen molar-refractivity contribution in [3.63, 3.8) is 0 Å². The third-order valence-electron chi connectivity index (χ3n) is 2.37. The lowest BCUT2D eigenvalue weighted by Gasteiger charge is -2.17. The van der Waals surface area contributed by atoms with Crippen LogP contribution in [0.2, 0.25) is 0 Å². The number of thiocarbonyl (C=S) groups is 1. The molecule has 0 aliphatic carbocycles. The Kier molecular flexibility index (Phi) is 5.62. The summed E-state index contributed by atoms with van der Waals surface area (Å²) in [5, 5.41) is 2.84. The molecule has 1 amide bonds. The highest BCUT2D eigenvalue weighted by molar-refractivity contribution is 7.80. The predicted octanol–water partition coefficient (Wildman–Crippen LogP) is 0.319. The van der Waals surface area contributed by atoms with Crippen LogP contribution in [-0.4, -0.2) is 41.0 Å².